The number of anilines is 1. The smallest absolute Gasteiger partial charge is 0.325 e. The van der Waals surface area contributed by atoms with Gasteiger partial charge in [-0.3, -0.25) is 9.69 Å². The molecule has 1 heterocycles. The van der Waals surface area contributed by atoms with Crippen molar-refractivity contribution < 1.29 is 9.59 Å². The average Bonchev–Trinajstić information content (AvgIpc) is 2.62. The van der Waals surface area contributed by atoms with Crippen molar-refractivity contribution in [2.75, 3.05) is 5.73 Å². The Hall–Kier alpha value is -1.75. The second-order valence-electron chi connectivity index (χ2n) is 4.57. The Labute approximate surface area is 116 Å². The molecular weight excluding hydrogens is 266 g/mol. The van der Waals surface area contributed by atoms with Crippen LogP contribution in [0, 0.1) is 0 Å². The van der Waals surface area contributed by atoms with Crippen molar-refractivity contribution in [2.24, 2.45) is 0 Å². The number of benzene rings is 1. The third-order valence-corrected chi connectivity index (χ3v) is 3.45. The summed E-state index contributed by atoms with van der Waals surface area (Å²) in [5.74, 6) is -0.203. The van der Waals surface area contributed by atoms with Crippen LogP contribution in [-0.4, -0.2) is 22.9 Å². The van der Waals surface area contributed by atoms with E-state index in [1.165, 1.54) is 4.90 Å². The maximum atomic E-state index is 12.1. The third-order valence-electron chi connectivity index (χ3n) is 3.08. The van der Waals surface area contributed by atoms with Crippen molar-refractivity contribution in [3.05, 3.63) is 28.8 Å². The summed E-state index contributed by atoms with van der Waals surface area (Å²) in [7, 11) is 0. The Bertz CT molecular complexity index is 519. The molecule has 1 aromatic rings. The number of rotatable bonds is 4. The molecule has 1 aliphatic heterocycles. The van der Waals surface area contributed by atoms with Gasteiger partial charge in [0.1, 0.15) is 6.04 Å². The van der Waals surface area contributed by atoms with E-state index in [1.54, 1.807) is 18.2 Å². The molecule has 1 unspecified atom stereocenters. The number of hydrogen-bond donors (Lipinski definition) is 2. The number of hydrogen-bond acceptors (Lipinski definition) is 3. The van der Waals surface area contributed by atoms with Gasteiger partial charge in [0.2, 0.25) is 0 Å². The van der Waals surface area contributed by atoms with E-state index in [0.717, 1.165) is 6.42 Å². The molecule has 1 fully saturated rings. The summed E-state index contributed by atoms with van der Waals surface area (Å²) in [6.45, 7) is 2.12. The first-order valence-corrected chi connectivity index (χ1v) is 6.56. The van der Waals surface area contributed by atoms with Gasteiger partial charge >= 0.3 is 6.03 Å². The van der Waals surface area contributed by atoms with Gasteiger partial charge in [0, 0.05) is 10.7 Å². The summed E-state index contributed by atoms with van der Waals surface area (Å²) in [5, 5.41) is 3.17. The fourth-order valence-corrected chi connectivity index (χ4v) is 2.27. The highest BCUT2D eigenvalue weighted by atomic mass is 35.5. The largest absolute Gasteiger partial charge is 0.399 e. The van der Waals surface area contributed by atoms with E-state index >= 15 is 0 Å². The standard InChI is InChI=1S/C13H16ClN3O2/c1-2-3-11-12(18)17(13(19)16-11)7-8-6-9(15)4-5-10(8)14/h4-6,11H,2-3,7,15H2,1H3,(H,16,19). The Morgan fingerprint density at radius 2 is 2.16 bits per heavy atom. The summed E-state index contributed by atoms with van der Waals surface area (Å²) in [4.78, 5) is 25.0. The number of nitrogens with zero attached hydrogens (tertiary/aromatic N) is 1. The molecule has 6 heteroatoms. The molecule has 1 saturated heterocycles. The maximum absolute atomic E-state index is 12.1. The van der Waals surface area contributed by atoms with Crippen molar-refractivity contribution in [1.82, 2.24) is 10.2 Å². The van der Waals surface area contributed by atoms with Crippen LogP contribution < -0.4 is 11.1 Å². The van der Waals surface area contributed by atoms with Crippen LogP contribution >= 0.6 is 11.6 Å². The quantitative estimate of drug-likeness (QED) is 0.656. The zero-order valence-electron chi connectivity index (χ0n) is 10.6. The number of amides is 3. The van der Waals surface area contributed by atoms with Crippen LogP contribution in [0.3, 0.4) is 0 Å². The Morgan fingerprint density at radius 3 is 2.84 bits per heavy atom. The van der Waals surface area contributed by atoms with Gasteiger partial charge in [0.05, 0.1) is 6.54 Å². The molecule has 0 aliphatic carbocycles. The predicted molar refractivity (Wildman–Crippen MR) is 73.6 cm³/mol. The molecule has 5 nitrogen and oxygen atoms in total. The first-order chi connectivity index (χ1) is 9.02. The summed E-state index contributed by atoms with van der Waals surface area (Å²) in [6, 6.07) is 4.22. The lowest BCUT2D eigenvalue weighted by Gasteiger charge is -2.14. The third kappa shape index (κ3) is 2.81. The van der Waals surface area contributed by atoms with Crippen LogP contribution in [0.5, 0.6) is 0 Å². The van der Waals surface area contributed by atoms with Gasteiger partial charge in [0.25, 0.3) is 5.91 Å². The minimum Gasteiger partial charge on any atom is -0.399 e. The molecule has 0 radical (unpaired) electrons. The van der Waals surface area contributed by atoms with E-state index in [4.69, 9.17) is 17.3 Å². The van der Waals surface area contributed by atoms with E-state index in [1.807, 2.05) is 6.92 Å². The molecule has 2 rings (SSSR count). The van der Waals surface area contributed by atoms with Crippen LogP contribution in [0.25, 0.3) is 0 Å². The van der Waals surface area contributed by atoms with Gasteiger partial charge in [0.15, 0.2) is 0 Å². The highest BCUT2D eigenvalue weighted by molar-refractivity contribution is 6.31. The van der Waals surface area contributed by atoms with Gasteiger partial charge < -0.3 is 11.1 Å². The first kappa shape index (κ1) is 13.7. The molecule has 0 saturated carbocycles. The second-order valence-corrected chi connectivity index (χ2v) is 4.97. The predicted octanol–water partition coefficient (Wildman–Crippen LogP) is 2.14. The summed E-state index contributed by atoms with van der Waals surface area (Å²) < 4.78 is 0. The van der Waals surface area contributed by atoms with Crippen LogP contribution in [0.1, 0.15) is 25.3 Å². The van der Waals surface area contributed by atoms with E-state index in [9.17, 15) is 9.59 Å². The molecule has 1 aliphatic rings. The molecule has 1 aromatic carbocycles. The highest BCUT2D eigenvalue weighted by Gasteiger charge is 2.37. The fraction of sp³-hybridized carbons (Fsp3) is 0.385. The minimum absolute atomic E-state index is 0.148. The van der Waals surface area contributed by atoms with Crippen molar-refractivity contribution >= 4 is 29.2 Å². The lowest BCUT2D eigenvalue weighted by molar-refractivity contribution is -0.128. The monoisotopic (exact) mass is 281 g/mol. The zero-order chi connectivity index (χ0) is 14.0. The zero-order valence-corrected chi connectivity index (χ0v) is 11.4. The minimum atomic E-state index is -0.419. The molecule has 3 amide bonds. The molecule has 0 spiro atoms. The van der Waals surface area contributed by atoms with E-state index < -0.39 is 6.04 Å². The average molecular weight is 282 g/mol. The number of urea groups is 1. The number of nitrogens with two attached hydrogens (primary N) is 1. The summed E-state index contributed by atoms with van der Waals surface area (Å²) in [6.07, 6.45) is 1.48. The molecule has 3 N–H and O–H groups in total. The maximum Gasteiger partial charge on any atom is 0.325 e. The fourth-order valence-electron chi connectivity index (χ4n) is 2.10. The van der Waals surface area contributed by atoms with Crippen LogP contribution in [-0.2, 0) is 11.3 Å². The SMILES string of the molecule is CCCC1NC(=O)N(Cc2cc(N)ccc2Cl)C1=O. The molecular formula is C13H16ClN3O2. The molecule has 0 aromatic heterocycles. The van der Waals surface area contributed by atoms with E-state index in [2.05, 4.69) is 5.32 Å². The molecule has 102 valence electrons. The van der Waals surface area contributed by atoms with Crippen LogP contribution in [0.2, 0.25) is 5.02 Å². The topological polar surface area (TPSA) is 75.4 Å². The highest BCUT2D eigenvalue weighted by Crippen LogP contribution is 2.22. The Morgan fingerprint density at radius 1 is 1.42 bits per heavy atom. The Balaban J connectivity index is 2.17. The van der Waals surface area contributed by atoms with Crippen LogP contribution in [0.15, 0.2) is 18.2 Å². The van der Waals surface area contributed by atoms with Gasteiger partial charge in [-0.15, -0.1) is 0 Å². The van der Waals surface area contributed by atoms with Gasteiger partial charge in [-0.05, 0) is 30.2 Å². The Kier molecular flexibility index (Phi) is 3.95. The lowest BCUT2D eigenvalue weighted by atomic mass is 10.1. The molecule has 0 bridgehead atoms. The first-order valence-electron chi connectivity index (χ1n) is 6.18. The number of carbonyl (C=O) groups excluding carboxylic acids is 2. The lowest BCUT2D eigenvalue weighted by Crippen LogP contribution is -2.31. The molecule has 1 atom stereocenters. The van der Waals surface area contributed by atoms with Crippen molar-refractivity contribution in [3.8, 4) is 0 Å². The molecule has 19 heavy (non-hydrogen) atoms. The van der Waals surface area contributed by atoms with E-state index in [0.29, 0.717) is 22.7 Å². The van der Waals surface area contributed by atoms with Crippen molar-refractivity contribution in [2.45, 2.75) is 32.4 Å². The second kappa shape index (κ2) is 5.48. The number of imide groups is 1. The summed E-state index contributed by atoms with van der Waals surface area (Å²) >= 11 is 6.04. The van der Waals surface area contributed by atoms with Gasteiger partial charge in [-0.1, -0.05) is 24.9 Å². The normalized spacial score (nSPS) is 18.8. The van der Waals surface area contributed by atoms with Gasteiger partial charge in [-0.2, -0.15) is 0 Å². The van der Waals surface area contributed by atoms with Gasteiger partial charge in [-0.25, -0.2) is 4.79 Å². The number of halogens is 1. The summed E-state index contributed by atoms with van der Waals surface area (Å²) in [5.41, 5.74) is 6.90. The number of nitrogen functional groups attached to an aromatic ring is 1. The van der Waals surface area contributed by atoms with Crippen molar-refractivity contribution in [1.29, 1.82) is 0 Å². The van der Waals surface area contributed by atoms with Crippen LogP contribution in [0.4, 0.5) is 10.5 Å². The number of carbonyl (C=O) groups is 2. The number of nitrogens with one attached hydrogen (secondary N) is 1. The van der Waals surface area contributed by atoms with Crippen molar-refractivity contribution in [3.63, 3.8) is 0 Å². The van der Waals surface area contributed by atoms with E-state index in [-0.39, 0.29) is 18.5 Å².